The van der Waals surface area contributed by atoms with Gasteiger partial charge in [0.2, 0.25) is 5.91 Å². The summed E-state index contributed by atoms with van der Waals surface area (Å²) in [5, 5.41) is 2.98. The van der Waals surface area contributed by atoms with Gasteiger partial charge in [-0.2, -0.15) is 0 Å². The number of hydrogen-bond acceptors (Lipinski definition) is 2. The first kappa shape index (κ1) is 17.7. The number of hydrogen-bond donors (Lipinski definition) is 1. The summed E-state index contributed by atoms with van der Waals surface area (Å²) in [6.07, 6.45) is 0. The average Bonchev–Trinajstić information content (AvgIpc) is 2.25. The summed E-state index contributed by atoms with van der Waals surface area (Å²) >= 11 is 0. The Balaban J connectivity index is 2.55. The van der Waals surface area contributed by atoms with Crippen LogP contribution in [0, 0.1) is 0 Å². The van der Waals surface area contributed by atoms with Crippen molar-refractivity contribution in [2.24, 2.45) is 0 Å². The molecule has 1 N–H and O–H groups in total. The molecule has 1 aromatic carbocycles. The molecule has 1 rings (SSSR count). The van der Waals surface area contributed by atoms with Gasteiger partial charge < -0.3 is 5.32 Å². The predicted molar refractivity (Wildman–Crippen MR) is 89.4 cm³/mol. The van der Waals surface area contributed by atoms with Crippen LogP contribution in [0.4, 0.5) is 0 Å². The molecule has 21 heavy (non-hydrogen) atoms. The summed E-state index contributed by atoms with van der Waals surface area (Å²) in [5.74, 6) is 0.0660. The standard InChI is InChI=1S/C18H30N2O/c1-17(2,3)15-10-8-14(9-11-15)12-20(7)13-16(21)19-18(4,5)6/h8-11H,12-13H2,1-7H3,(H,19,21). The zero-order valence-electron chi connectivity index (χ0n) is 14.6. The second-order valence-electron chi connectivity index (χ2n) is 7.92. The van der Waals surface area contributed by atoms with Crippen LogP contribution in [0.3, 0.4) is 0 Å². The minimum Gasteiger partial charge on any atom is -0.350 e. The minimum atomic E-state index is -0.174. The molecule has 0 atom stereocenters. The number of carbonyl (C=O) groups excluding carboxylic acids is 1. The third-order valence-electron chi connectivity index (χ3n) is 3.20. The molecular weight excluding hydrogens is 260 g/mol. The van der Waals surface area contributed by atoms with Gasteiger partial charge in [-0.25, -0.2) is 0 Å². The van der Waals surface area contributed by atoms with Crippen molar-refractivity contribution in [3.63, 3.8) is 0 Å². The average molecular weight is 290 g/mol. The van der Waals surface area contributed by atoms with E-state index in [0.29, 0.717) is 6.54 Å². The van der Waals surface area contributed by atoms with Crippen LogP contribution in [-0.4, -0.2) is 29.9 Å². The molecular formula is C18H30N2O. The number of benzene rings is 1. The second kappa shape index (κ2) is 6.61. The van der Waals surface area contributed by atoms with E-state index in [1.54, 1.807) is 0 Å². The molecule has 0 unspecified atom stereocenters. The van der Waals surface area contributed by atoms with Gasteiger partial charge in [0.25, 0.3) is 0 Å². The number of carbonyl (C=O) groups is 1. The molecule has 3 nitrogen and oxygen atoms in total. The molecule has 0 saturated carbocycles. The Morgan fingerprint density at radius 1 is 1.05 bits per heavy atom. The zero-order chi connectivity index (χ0) is 16.3. The Labute approximate surface area is 129 Å². The minimum absolute atomic E-state index is 0.0660. The van der Waals surface area contributed by atoms with Crippen LogP contribution in [-0.2, 0) is 16.8 Å². The van der Waals surface area contributed by atoms with Crippen LogP contribution in [0.2, 0.25) is 0 Å². The molecule has 118 valence electrons. The summed E-state index contributed by atoms with van der Waals surface area (Å²) in [6.45, 7) is 13.8. The highest BCUT2D eigenvalue weighted by molar-refractivity contribution is 5.78. The highest BCUT2D eigenvalue weighted by Crippen LogP contribution is 2.22. The first-order valence-electron chi connectivity index (χ1n) is 7.56. The van der Waals surface area contributed by atoms with E-state index in [1.165, 1.54) is 11.1 Å². The van der Waals surface area contributed by atoms with Crippen LogP contribution in [0.5, 0.6) is 0 Å². The quantitative estimate of drug-likeness (QED) is 0.922. The highest BCUT2D eigenvalue weighted by Gasteiger charge is 2.16. The molecule has 0 aliphatic rings. The van der Waals surface area contributed by atoms with Gasteiger partial charge in [-0.3, -0.25) is 9.69 Å². The molecule has 0 bridgehead atoms. The first-order chi connectivity index (χ1) is 9.47. The van der Waals surface area contributed by atoms with E-state index in [1.807, 2.05) is 32.7 Å². The Bertz CT molecular complexity index is 463. The van der Waals surface area contributed by atoms with Gasteiger partial charge in [0.05, 0.1) is 6.54 Å². The molecule has 0 radical (unpaired) electrons. The van der Waals surface area contributed by atoms with Crippen molar-refractivity contribution in [1.82, 2.24) is 10.2 Å². The van der Waals surface area contributed by atoms with Gasteiger partial charge in [0.15, 0.2) is 0 Å². The van der Waals surface area contributed by atoms with Gasteiger partial charge in [0.1, 0.15) is 0 Å². The molecule has 3 heteroatoms. The largest absolute Gasteiger partial charge is 0.350 e. The van der Waals surface area contributed by atoms with E-state index < -0.39 is 0 Å². The number of likely N-dealkylation sites (N-methyl/N-ethyl adjacent to an activating group) is 1. The zero-order valence-corrected chi connectivity index (χ0v) is 14.6. The van der Waals surface area contributed by atoms with Crippen molar-refractivity contribution in [3.05, 3.63) is 35.4 Å². The third kappa shape index (κ3) is 6.76. The third-order valence-corrected chi connectivity index (χ3v) is 3.20. The number of amides is 1. The van der Waals surface area contributed by atoms with E-state index in [0.717, 1.165) is 6.54 Å². The van der Waals surface area contributed by atoms with Crippen LogP contribution < -0.4 is 5.32 Å². The van der Waals surface area contributed by atoms with Gasteiger partial charge in [-0.05, 0) is 44.4 Å². The van der Waals surface area contributed by atoms with E-state index in [4.69, 9.17) is 0 Å². The lowest BCUT2D eigenvalue weighted by molar-refractivity contribution is -0.123. The fourth-order valence-electron chi connectivity index (χ4n) is 2.18. The first-order valence-corrected chi connectivity index (χ1v) is 7.56. The summed E-state index contributed by atoms with van der Waals surface area (Å²) in [7, 11) is 1.97. The number of nitrogens with one attached hydrogen (secondary N) is 1. The smallest absolute Gasteiger partial charge is 0.234 e. The van der Waals surface area contributed by atoms with E-state index >= 15 is 0 Å². The number of nitrogens with zero attached hydrogens (tertiary/aromatic N) is 1. The van der Waals surface area contributed by atoms with Crippen LogP contribution in [0.15, 0.2) is 24.3 Å². The maximum atomic E-state index is 11.9. The topological polar surface area (TPSA) is 32.3 Å². The van der Waals surface area contributed by atoms with Crippen molar-refractivity contribution >= 4 is 5.91 Å². The van der Waals surface area contributed by atoms with E-state index in [2.05, 4.69) is 50.4 Å². The Hall–Kier alpha value is -1.35. The monoisotopic (exact) mass is 290 g/mol. The molecule has 1 amide bonds. The molecule has 0 fully saturated rings. The maximum absolute atomic E-state index is 11.9. The predicted octanol–water partition coefficient (Wildman–Crippen LogP) is 3.33. The Kier molecular flexibility index (Phi) is 5.57. The fraction of sp³-hybridized carbons (Fsp3) is 0.611. The molecule has 0 aliphatic carbocycles. The normalized spacial score (nSPS) is 12.6. The Morgan fingerprint density at radius 2 is 1.57 bits per heavy atom. The summed E-state index contributed by atoms with van der Waals surface area (Å²) in [5.41, 5.74) is 2.57. The van der Waals surface area contributed by atoms with Crippen molar-refractivity contribution in [2.75, 3.05) is 13.6 Å². The lowest BCUT2D eigenvalue weighted by Crippen LogP contribution is -2.45. The lowest BCUT2D eigenvalue weighted by atomic mass is 9.87. The Morgan fingerprint density at radius 3 is 2.00 bits per heavy atom. The molecule has 0 aliphatic heterocycles. The van der Waals surface area contributed by atoms with Crippen LogP contribution in [0.25, 0.3) is 0 Å². The molecule has 0 saturated heterocycles. The van der Waals surface area contributed by atoms with Crippen LogP contribution in [0.1, 0.15) is 52.7 Å². The molecule has 0 heterocycles. The molecule has 0 spiro atoms. The summed E-state index contributed by atoms with van der Waals surface area (Å²) in [6, 6.07) is 8.66. The van der Waals surface area contributed by atoms with Gasteiger partial charge in [0, 0.05) is 12.1 Å². The number of rotatable bonds is 4. The van der Waals surface area contributed by atoms with E-state index in [-0.39, 0.29) is 16.9 Å². The van der Waals surface area contributed by atoms with Gasteiger partial charge in [-0.15, -0.1) is 0 Å². The van der Waals surface area contributed by atoms with Gasteiger partial charge in [-0.1, -0.05) is 45.0 Å². The van der Waals surface area contributed by atoms with Crippen molar-refractivity contribution < 1.29 is 4.79 Å². The highest BCUT2D eigenvalue weighted by atomic mass is 16.2. The molecule has 0 aromatic heterocycles. The second-order valence-corrected chi connectivity index (χ2v) is 7.92. The molecule has 1 aromatic rings. The van der Waals surface area contributed by atoms with Crippen molar-refractivity contribution in [2.45, 2.75) is 59.0 Å². The summed E-state index contributed by atoms with van der Waals surface area (Å²) < 4.78 is 0. The van der Waals surface area contributed by atoms with Crippen molar-refractivity contribution in [3.8, 4) is 0 Å². The summed E-state index contributed by atoms with van der Waals surface area (Å²) in [4.78, 5) is 13.9. The van der Waals surface area contributed by atoms with Gasteiger partial charge >= 0.3 is 0 Å². The van der Waals surface area contributed by atoms with E-state index in [9.17, 15) is 4.79 Å². The SMILES string of the molecule is CN(CC(=O)NC(C)(C)C)Cc1ccc(C(C)(C)C)cc1. The van der Waals surface area contributed by atoms with Crippen LogP contribution >= 0.6 is 0 Å². The maximum Gasteiger partial charge on any atom is 0.234 e. The fourth-order valence-corrected chi connectivity index (χ4v) is 2.18. The lowest BCUT2D eigenvalue weighted by Gasteiger charge is -2.23. The van der Waals surface area contributed by atoms with Crippen molar-refractivity contribution in [1.29, 1.82) is 0 Å².